The molecular formula is C19H33Cl3N2O. The Morgan fingerprint density at radius 2 is 1.92 bits per heavy atom. The standard InChI is InChI=1S/C19H31ClN2O.2ClH/c1-3-4-5-6-7-8-10-16-13-18(14-21-19(16)20)23-15-17-11-9-12-22(17)2;;/h13-14,17H,3-12,15H2,1-2H3;2*1H/t17-;;/m1../s1. The van der Waals surface area contributed by atoms with Gasteiger partial charge in [0.1, 0.15) is 17.5 Å². The van der Waals surface area contributed by atoms with Gasteiger partial charge in [-0.1, -0.05) is 50.6 Å². The summed E-state index contributed by atoms with van der Waals surface area (Å²) in [5.74, 6) is 0.857. The van der Waals surface area contributed by atoms with Crippen LogP contribution in [0.5, 0.6) is 5.75 Å². The van der Waals surface area contributed by atoms with E-state index in [0.717, 1.165) is 24.3 Å². The first kappa shape index (κ1) is 24.8. The van der Waals surface area contributed by atoms with Gasteiger partial charge in [-0.3, -0.25) is 0 Å². The van der Waals surface area contributed by atoms with Crippen LogP contribution in [0.25, 0.3) is 0 Å². The summed E-state index contributed by atoms with van der Waals surface area (Å²) < 4.78 is 5.95. The van der Waals surface area contributed by atoms with E-state index in [1.165, 1.54) is 57.9 Å². The summed E-state index contributed by atoms with van der Waals surface area (Å²) in [6.45, 7) is 4.17. The SMILES string of the molecule is CCCCCCCCc1cc(OC[C@H]2CCCN2C)cnc1Cl.Cl.Cl. The molecule has 6 heteroatoms. The lowest BCUT2D eigenvalue weighted by Crippen LogP contribution is -2.30. The van der Waals surface area contributed by atoms with Crippen LogP contribution < -0.4 is 4.74 Å². The second kappa shape index (κ2) is 13.9. The molecule has 1 aliphatic heterocycles. The summed E-state index contributed by atoms with van der Waals surface area (Å²) in [7, 11) is 2.17. The molecular weight excluding hydrogens is 379 g/mol. The van der Waals surface area contributed by atoms with Crippen molar-refractivity contribution in [3.63, 3.8) is 0 Å². The van der Waals surface area contributed by atoms with Gasteiger partial charge in [0.25, 0.3) is 0 Å². The first-order valence-electron chi connectivity index (χ1n) is 9.18. The number of halogens is 3. The van der Waals surface area contributed by atoms with E-state index in [9.17, 15) is 0 Å². The molecule has 1 aromatic rings. The number of ether oxygens (including phenoxy) is 1. The normalized spacial score (nSPS) is 17.0. The molecule has 0 radical (unpaired) electrons. The Morgan fingerprint density at radius 3 is 2.60 bits per heavy atom. The number of rotatable bonds is 10. The maximum atomic E-state index is 6.23. The molecule has 3 nitrogen and oxygen atoms in total. The highest BCUT2D eigenvalue weighted by molar-refractivity contribution is 6.30. The van der Waals surface area contributed by atoms with Gasteiger partial charge < -0.3 is 9.64 Å². The Hall–Kier alpha value is -0.220. The lowest BCUT2D eigenvalue weighted by atomic mass is 10.1. The van der Waals surface area contributed by atoms with Crippen molar-refractivity contribution in [3.05, 3.63) is 23.0 Å². The summed E-state index contributed by atoms with van der Waals surface area (Å²) in [6, 6.07) is 2.61. The molecule has 2 heterocycles. The van der Waals surface area contributed by atoms with E-state index in [1.807, 2.05) is 0 Å². The van der Waals surface area contributed by atoms with Crippen LogP contribution in [0.1, 0.15) is 63.9 Å². The fourth-order valence-corrected chi connectivity index (χ4v) is 3.40. The molecule has 1 aromatic heterocycles. The van der Waals surface area contributed by atoms with Gasteiger partial charge in [-0.25, -0.2) is 4.98 Å². The van der Waals surface area contributed by atoms with E-state index < -0.39 is 0 Å². The Kier molecular flexibility index (Phi) is 13.8. The van der Waals surface area contributed by atoms with Crippen molar-refractivity contribution >= 4 is 36.4 Å². The number of unbranched alkanes of at least 4 members (excludes halogenated alkanes) is 5. The van der Waals surface area contributed by atoms with Gasteiger partial charge >= 0.3 is 0 Å². The summed E-state index contributed by atoms with van der Waals surface area (Å²) >= 11 is 6.23. The summed E-state index contributed by atoms with van der Waals surface area (Å²) in [4.78, 5) is 6.67. The molecule has 0 bridgehead atoms. The predicted molar refractivity (Wildman–Crippen MR) is 112 cm³/mol. The molecule has 0 aromatic carbocycles. The minimum atomic E-state index is 0. The average molecular weight is 412 g/mol. The fraction of sp³-hybridized carbons (Fsp3) is 0.737. The maximum absolute atomic E-state index is 6.23. The second-order valence-corrected chi connectivity index (χ2v) is 7.08. The van der Waals surface area contributed by atoms with Crippen molar-refractivity contribution in [2.24, 2.45) is 0 Å². The van der Waals surface area contributed by atoms with Crippen LogP contribution in [-0.4, -0.2) is 36.1 Å². The molecule has 1 saturated heterocycles. The minimum absolute atomic E-state index is 0. The van der Waals surface area contributed by atoms with E-state index in [1.54, 1.807) is 6.20 Å². The molecule has 0 unspecified atom stereocenters. The largest absolute Gasteiger partial charge is 0.490 e. The lowest BCUT2D eigenvalue weighted by molar-refractivity contribution is 0.197. The first-order valence-corrected chi connectivity index (χ1v) is 9.56. The van der Waals surface area contributed by atoms with E-state index in [-0.39, 0.29) is 24.8 Å². The van der Waals surface area contributed by atoms with Crippen LogP contribution in [0.3, 0.4) is 0 Å². The number of hydrogen-bond donors (Lipinski definition) is 0. The quantitative estimate of drug-likeness (QED) is 0.351. The van der Waals surface area contributed by atoms with Crippen LogP contribution in [-0.2, 0) is 6.42 Å². The minimum Gasteiger partial charge on any atom is -0.490 e. The summed E-state index contributed by atoms with van der Waals surface area (Å²) in [5.41, 5.74) is 1.12. The van der Waals surface area contributed by atoms with Crippen molar-refractivity contribution in [1.29, 1.82) is 0 Å². The Morgan fingerprint density at radius 1 is 1.20 bits per heavy atom. The van der Waals surface area contributed by atoms with Gasteiger partial charge in [-0.15, -0.1) is 24.8 Å². The van der Waals surface area contributed by atoms with Crippen molar-refractivity contribution in [1.82, 2.24) is 9.88 Å². The van der Waals surface area contributed by atoms with Crippen LogP contribution in [0.4, 0.5) is 0 Å². The summed E-state index contributed by atoms with van der Waals surface area (Å²) in [6.07, 6.45) is 13.0. The highest BCUT2D eigenvalue weighted by Gasteiger charge is 2.21. The van der Waals surface area contributed by atoms with Gasteiger partial charge in [-0.05, 0) is 50.9 Å². The number of aryl methyl sites for hydroxylation is 1. The van der Waals surface area contributed by atoms with Gasteiger partial charge in [0, 0.05) is 6.04 Å². The zero-order valence-corrected chi connectivity index (χ0v) is 17.9. The van der Waals surface area contributed by atoms with Gasteiger partial charge in [-0.2, -0.15) is 0 Å². The third kappa shape index (κ3) is 8.81. The van der Waals surface area contributed by atoms with E-state index >= 15 is 0 Å². The molecule has 146 valence electrons. The molecule has 0 N–H and O–H groups in total. The number of likely N-dealkylation sites (tertiary alicyclic amines) is 1. The molecule has 0 aliphatic carbocycles. The number of nitrogens with zero attached hydrogens (tertiary/aromatic N) is 2. The Balaban J connectivity index is 0.00000288. The van der Waals surface area contributed by atoms with Gasteiger partial charge in [0.05, 0.1) is 6.20 Å². The van der Waals surface area contributed by atoms with Crippen LogP contribution in [0.15, 0.2) is 12.3 Å². The molecule has 25 heavy (non-hydrogen) atoms. The summed E-state index contributed by atoms with van der Waals surface area (Å²) in [5, 5.41) is 0.629. The van der Waals surface area contributed by atoms with E-state index in [2.05, 4.69) is 29.9 Å². The predicted octanol–water partition coefficient (Wildman–Crippen LogP) is 5.95. The lowest BCUT2D eigenvalue weighted by Gasteiger charge is -2.19. The first-order chi connectivity index (χ1) is 11.2. The van der Waals surface area contributed by atoms with Crippen molar-refractivity contribution in [2.45, 2.75) is 70.8 Å². The van der Waals surface area contributed by atoms with Gasteiger partial charge in [0.2, 0.25) is 0 Å². The zero-order valence-electron chi connectivity index (χ0n) is 15.5. The van der Waals surface area contributed by atoms with E-state index in [4.69, 9.17) is 16.3 Å². The molecule has 1 aliphatic rings. The zero-order chi connectivity index (χ0) is 16.5. The number of aromatic nitrogens is 1. The fourth-order valence-electron chi connectivity index (χ4n) is 3.20. The van der Waals surface area contributed by atoms with Crippen molar-refractivity contribution in [2.75, 3.05) is 20.2 Å². The molecule has 0 saturated carbocycles. The van der Waals surface area contributed by atoms with Crippen LogP contribution >= 0.6 is 36.4 Å². The number of likely N-dealkylation sites (N-methyl/N-ethyl adjacent to an activating group) is 1. The molecule has 0 spiro atoms. The Labute approximate surface area is 170 Å². The van der Waals surface area contributed by atoms with Crippen molar-refractivity contribution in [3.8, 4) is 5.75 Å². The van der Waals surface area contributed by atoms with Crippen molar-refractivity contribution < 1.29 is 4.74 Å². The smallest absolute Gasteiger partial charge is 0.138 e. The highest BCUT2D eigenvalue weighted by atomic mass is 35.5. The molecule has 0 amide bonds. The maximum Gasteiger partial charge on any atom is 0.138 e. The average Bonchev–Trinajstić information content (AvgIpc) is 2.96. The monoisotopic (exact) mass is 410 g/mol. The van der Waals surface area contributed by atoms with E-state index in [0.29, 0.717) is 11.2 Å². The number of pyridine rings is 1. The molecule has 1 fully saturated rings. The van der Waals surface area contributed by atoms with Crippen LogP contribution in [0.2, 0.25) is 5.15 Å². The van der Waals surface area contributed by atoms with Crippen LogP contribution in [0, 0.1) is 0 Å². The van der Waals surface area contributed by atoms with Gasteiger partial charge in [0.15, 0.2) is 0 Å². The third-order valence-corrected chi connectivity index (χ3v) is 5.14. The topological polar surface area (TPSA) is 25.4 Å². The highest BCUT2D eigenvalue weighted by Crippen LogP contribution is 2.23. The third-order valence-electron chi connectivity index (χ3n) is 4.80. The number of hydrogen-bond acceptors (Lipinski definition) is 3. The Bertz CT molecular complexity index is 474. The molecule has 2 rings (SSSR count). The second-order valence-electron chi connectivity index (χ2n) is 6.73. The molecule has 1 atom stereocenters.